The Kier molecular flexibility index (Phi) is 8.90. The van der Waals surface area contributed by atoms with Crippen LogP contribution in [0.1, 0.15) is 45.2 Å². The molecule has 4 heteroatoms. The fourth-order valence-electron chi connectivity index (χ4n) is 1.97. The van der Waals surface area contributed by atoms with Gasteiger partial charge in [-0.3, -0.25) is 0 Å². The van der Waals surface area contributed by atoms with Crippen LogP contribution in [0.15, 0.2) is 22.7 Å². The van der Waals surface area contributed by atoms with E-state index in [1.807, 2.05) is 12.1 Å². The molecule has 1 atom stereocenters. The number of ether oxygens (including phenoxy) is 2. The van der Waals surface area contributed by atoms with Gasteiger partial charge in [-0.05, 0) is 32.0 Å². The summed E-state index contributed by atoms with van der Waals surface area (Å²) in [6.07, 6.45) is 2.27. The van der Waals surface area contributed by atoms with Crippen molar-refractivity contribution in [3.05, 3.63) is 28.2 Å². The zero-order valence-corrected chi connectivity index (χ0v) is 14.3. The highest BCUT2D eigenvalue weighted by Gasteiger charge is 2.11. The first-order valence-corrected chi connectivity index (χ1v) is 8.21. The molecule has 0 aromatic heterocycles. The van der Waals surface area contributed by atoms with Crippen molar-refractivity contribution >= 4 is 15.9 Å². The molecule has 1 rings (SSSR count). The fraction of sp³-hybridized carbons (Fsp3) is 0.625. The molecule has 1 aromatic rings. The predicted octanol–water partition coefficient (Wildman–Crippen LogP) is 4.32. The molecule has 0 saturated carbocycles. The van der Waals surface area contributed by atoms with Crippen LogP contribution >= 0.6 is 15.9 Å². The van der Waals surface area contributed by atoms with Gasteiger partial charge < -0.3 is 14.8 Å². The Balaban J connectivity index is 2.52. The molecule has 0 spiro atoms. The van der Waals surface area contributed by atoms with Gasteiger partial charge in [0.05, 0.1) is 6.61 Å². The van der Waals surface area contributed by atoms with Crippen LogP contribution in [0.3, 0.4) is 0 Å². The highest BCUT2D eigenvalue weighted by molar-refractivity contribution is 9.10. The summed E-state index contributed by atoms with van der Waals surface area (Å²) >= 11 is 3.50. The second-order valence-corrected chi connectivity index (χ2v) is 5.69. The van der Waals surface area contributed by atoms with Crippen molar-refractivity contribution in [1.29, 1.82) is 0 Å². The number of unbranched alkanes of at least 4 members (excludes halogenated alkanes) is 1. The lowest BCUT2D eigenvalue weighted by molar-refractivity contribution is 0.0975. The summed E-state index contributed by atoms with van der Waals surface area (Å²) in [6, 6.07) is 6.46. The molecule has 0 aliphatic rings. The van der Waals surface area contributed by atoms with E-state index in [4.69, 9.17) is 9.47 Å². The van der Waals surface area contributed by atoms with Crippen molar-refractivity contribution in [3.8, 4) is 5.75 Å². The molecule has 0 saturated heterocycles. The van der Waals surface area contributed by atoms with Crippen LogP contribution in [0.25, 0.3) is 0 Å². The molecule has 0 fully saturated rings. The summed E-state index contributed by atoms with van der Waals surface area (Å²) in [4.78, 5) is 0. The van der Waals surface area contributed by atoms with Crippen molar-refractivity contribution in [2.24, 2.45) is 0 Å². The van der Waals surface area contributed by atoms with Crippen molar-refractivity contribution in [1.82, 2.24) is 5.32 Å². The van der Waals surface area contributed by atoms with E-state index in [2.05, 4.69) is 48.1 Å². The van der Waals surface area contributed by atoms with Crippen LogP contribution in [0.2, 0.25) is 0 Å². The van der Waals surface area contributed by atoms with Gasteiger partial charge in [-0.2, -0.15) is 0 Å². The fourth-order valence-corrected chi connectivity index (χ4v) is 2.31. The van der Waals surface area contributed by atoms with Gasteiger partial charge in [-0.25, -0.2) is 0 Å². The van der Waals surface area contributed by atoms with Gasteiger partial charge in [-0.15, -0.1) is 0 Å². The Hall–Kier alpha value is -0.580. The molecule has 1 aromatic carbocycles. The minimum absolute atomic E-state index is 0.282. The maximum Gasteiger partial charge on any atom is 0.125 e. The lowest BCUT2D eigenvalue weighted by Gasteiger charge is -2.18. The molecule has 0 bridgehead atoms. The third-order valence-corrected chi connectivity index (χ3v) is 3.57. The Morgan fingerprint density at radius 3 is 2.70 bits per heavy atom. The topological polar surface area (TPSA) is 30.5 Å². The minimum Gasteiger partial charge on any atom is -0.491 e. The van der Waals surface area contributed by atoms with E-state index in [0.29, 0.717) is 13.2 Å². The smallest absolute Gasteiger partial charge is 0.125 e. The first-order chi connectivity index (χ1) is 9.69. The summed E-state index contributed by atoms with van der Waals surface area (Å²) in [5.41, 5.74) is 1.18. The largest absolute Gasteiger partial charge is 0.491 e. The quantitative estimate of drug-likeness (QED) is 0.642. The second kappa shape index (κ2) is 10.2. The molecule has 0 radical (unpaired) electrons. The number of halogens is 1. The molecule has 114 valence electrons. The summed E-state index contributed by atoms with van der Waals surface area (Å²) in [5, 5.41) is 3.41. The van der Waals surface area contributed by atoms with Gasteiger partial charge >= 0.3 is 0 Å². The van der Waals surface area contributed by atoms with Gasteiger partial charge in [0.1, 0.15) is 12.4 Å². The van der Waals surface area contributed by atoms with E-state index in [-0.39, 0.29) is 6.04 Å². The monoisotopic (exact) mass is 343 g/mol. The number of hydrogen-bond acceptors (Lipinski definition) is 3. The summed E-state index contributed by atoms with van der Waals surface area (Å²) in [5.74, 6) is 0.923. The Labute approximate surface area is 131 Å². The summed E-state index contributed by atoms with van der Waals surface area (Å²) in [7, 11) is 0. The van der Waals surface area contributed by atoms with E-state index in [9.17, 15) is 0 Å². The standard InChI is InChI=1S/C16H26BrNO2/c1-4-6-9-19-10-11-20-16-12-14(17)7-8-15(16)13(3)18-5-2/h7-8,12-13,18H,4-6,9-11H2,1-3H3. The van der Waals surface area contributed by atoms with Gasteiger partial charge in [0.15, 0.2) is 0 Å². The second-order valence-electron chi connectivity index (χ2n) is 4.78. The van der Waals surface area contributed by atoms with Crippen molar-refractivity contribution < 1.29 is 9.47 Å². The van der Waals surface area contributed by atoms with Gasteiger partial charge in [-0.1, -0.05) is 42.3 Å². The summed E-state index contributed by atoms with van der Waals surface area (Å²) < 4.78 is 12.4. The Morgan fingerprint density at radius 1 is 1.20 bits per heavy atom. The number of nitrogens with one attached hydrogen (secondary N) is 1. The summed E-state index contributed by atoms with van der Waals surface area (Å²) in [6.45, 7) is 9.41. The third-order valence-electron chi connectivity index (χ3n) is 3.08. The maximum absolute atomic E-state index is 5.87. The van der Waals surface area contributed by atoms with Crippen molar-refractivity contribution in [2.75, 3.05) is 26.4 Å². The lowest BCUT2D eigenvalue weighted by atomic mass is 10.1. The molecule has 0 heterocycles. The van der Waals surface area contributed by atoms with Crippen LogP contribution in [0.4, 0.5) is 0 Å². The van der Waals surface area contributed by atoms with E-state index in [1.54, 1.807) is 0 Å². The van der Waals surface area contributed by atoms with Crippen molar-refractivity contribution in [2.45, 2.75) is 39.7 Å². The molecule has 3 nitrogen and oxygen atoms in total. The molecule has 0 aliphatic carbocycles. The minimum atomic E-state index is 0.282. The average molecular weight is 344 g/mol. The van der Waals surface area contributed by atoms with Crippen LogP contribution < -0.4 is 10.1 Å². The van der Waals surface area contributed by atoms with Crippen molar-refractivity contribution in [3.63, 3.8) is 0 Å². The zero-order valence-electron chi connectivity index (χ0n) is 12.7. The molecular formula is C16H26BrNO2. The zero-order chi connectivity index (χ0) is 14.8. The average Bonchev–Trinajstić information content (AvgIpc) is 2.43. The first-order valence-electron chi connectivity index (χ1n) is 7.42. The van der Waals surface area contributed by atoms with Crippen LogP contribution in [0.5, 0.6) is 5.75 Å². The van der Waals surface area contributed by atoms with Crippen LogP contribution in [-0.2, 0) is 4.74 Å². The molecule has 1 N–H and O–H groups in total. The van der Waals surface area contributed by atoms with Gasteiger partial charge in [0.2, 0.25) is 0 Å². The lowest BCUT2D eigenvalue weighted by Crippen LogP contribution is -2.19. The number of benzene rings is 1. The Morgan fingerprint density at radius 2 is 2.00 bits per heavy atom. The predicted molar refractivity (Wildman–Crippen MR) is 87.5 cm³/mol. The number of hydrogen-bond donors (Lipinski definition) is 1. The van der Waals surface area contributed by atoms with E-state index < -0.39 is 0 Å². The highest BCUT2D eigenvalue weighted by Crippen LogP contribution is 2.28. The van der Waals surface area contributed by atoms with E-state index >= 15 is 0 Å². The SMILES string of the molecule is CCCCOCCOc1cc(Br)ccc1C(C)NCC. The first kappa shape index (κ1) is 17.5. The van der Waals surface area contributed by atoms with Gasteiger partial charge in [0, 0.05) is 22.7 Å². The van der Waals surface area contributed by atoms with Gasteiger partial charge in [0.25, 0.3) is 0 Å². The Bertz CT molecular complexity index is 385. The van der Waals surface area contributed by atoms with Crippen LogP contribution in [0, 0.1) is 0 Å². The number of rotatable bonds is 10. The van der Waals surface area contributed by atoms with E-state index in [0.717, 1.165) is 36.2 Å². The van der Waals surface area contributed by atoms with E-state index in [1.165, 1.54) is 5.56 Å². The third kappa shape index (κ3) is 6.25. The molecule has 1 unspecified atom stereocenters. The molecule has 0 amide bonds. The van der Waals surface area contributed by atoms with Crippen LogP contribution in [-0.4, -0.2) is 26.4 Å². The maximum atomic E-state index is 5.87. The normalized spacial score (nSPS) is 12.4. The molecular weight excluding hydrogens is 318 g/mol. The highest BCUT2D eigenvalue weighted by atomic mass is 79.9. The molecule has 0 aliphatic heterocycles. The molecule has 20 heavy (non-hydrogen) atoms.